The number of fused-ring (bicyclic) bond motifs is 3. The van der Waals surface area contributed by atoms with Crippen LogP contribution in [0.5, 0.6) is 0 Å². The molecule has 0 aliphatic carbocycles. The largest absolute Gasteiger partial charge is 0.855 e. The smallest absolute Gasteiger partial charge is 0 e. The fraction of sp³-hybridized carbons (Fsp3) is 0.235. The quantitative estimate of drug-likeness (QED) is 0.404. The zero-order valence-corrected chi connectivity index (χ0v) is 15.5. The molecule has 20 heavy (non-hydrogen) atoms. The van der Waals surface area contributed by atoms with Gasteiger partial charge in [-0.3, -0.25) is 0 Å². The molecule has 0 spiro atoms. The van der Waals surface area contributed by atoms with Gasteiger partial charge in [0, 0.05) is 25.8 Å². The Balaban J connectivity index is 0.000000452. The first kappa shape index (κ1) is 19.1. The van der Waals surface area contributed by atoms with Gasteiger partial charge in [-0.15, -0.1) is 53.0 Å². The zero-order valence-electron chi connectivity index (χ0n) is 11.9. The minimum Gasteiger partial charge on any atom is -0.855 e. The molecule has 0 bridgehead atoms. The van der Waals surface area contributed by atoms with Crippen molar-refractivity contribution in [3.8, 4) is 0 Å². The van der Waals surface area contributed by atoms with Crippen molar-refractivity contribution in [1.29, 1.82) is 0 Å². The second kappa shape index (κ2) is 10.8. The Morgan fingerprint density at radius 3 is 1.40 bits per heavy atom. The molecule has 3 rings (SSSR count). The van der Waals surface area contributed by atoms with Gasteiger partial charge < -0.3 is 10.2 Å². The van der Waals surface area contributed by atoms with Gasteiger partial charge in [0.2, 0.25) is 0 Å². The molecule has 0 saturated carbocycles. The van der Waals surface area contributed by atoms with Crippen LogP contribution in [-0.4, -0.2) is 13.2 Å². The Labute approximate surface area is 139 Å². The van der Waals surface area contributed by atoms with Crippen LogP contribution in [0.2, 0.25) is 0 Å². The number of rotatable bonds is 0. The molecule has 0 fully saturated rings. The second-order valence-corrected chi connectivity index (χ2v) is 3.90. The third-order valence-corrected chi connectivity index (χ3v) is 2.52. The van der Waals surface area contributed by atoms with Crippen molar-refractivity contribution in [2.45, 2.75) is 13.8 Å². The summed E-state index contributed by atoms with van der Waals surface area (Å²) >= 11 is 0. The van der Waals surface area contributed by atoms with E-state index in [-0.39, 0.29) is 39.1 Å². The van der Waals surface area contributed by atoms with Crippen LogP contribution in [0.3, 0.4) is 0 Å². The van der Waals surface area contributed by atoms with Crippen molar-refractivity contribution in [1.82, 2.24) is 0 Å². The Bertz CT molecular complexity index is 550. The number of hydrogen-bond acceptors (Lipinski definition) is 2. The minimum absolute atomic E-state index is 0. The average Bonchev–Trinajstić information content (AvgIpc) is 2.79. The van der Waals surface area contributed by atoms with E-state index in [0.29, 0.717) is 0 Å². The Kier molecular flexibility index (Phi) is 10.3. The third kappa shape index (κ3) is 5.23. The Morgan fingerprint density at radius 1 is 0.750 bits per heavy atom. The fourth-order valence-corrected chi connectivity index (χ4v) is 1.90. The molecule has 0 amide bonds. The van der Waals surface area contributed by atoms with E-state index in [9.17, 15) is 0 Å². The molecule has 2 nitrogen and oxygen atoms in total. The zero-order chi connectivity index (χ0) is 14.1. The molecule has 0 radical (unpaired) electrons. The van der Waals surface area contributed by atoms with Crippen LogP contribution in [0.1, 0.15) is 13.8 Å². The first-order valence-electron chi connectivity index (χ1n) is 6.47. The van der Waals surface area contributed by atoms with Crippen molar-refractivity contribution < 1.29 is 36.1 Å². The Hall–Kier alpha value is -0.900. The maximum Gasteiger partial charge on any atom is 0 e. The summed E-state index contributed by atoms with van der Waals surface area (Å²) in [7, 11) is 0. The van der Waals surface area contributed by atoms with Gasteiger partial charge in [0.1, 0.15) is 0 Å². The van der Waals surface area contributed by atoms with Crippen LogP contribution in [-0.2, 0) is 25.8 Å². The van der Waals surface area contributed by atoms with Crippen LogP contribution in [0.4, 0.5) is 0 Å². The molecule has 3 heteroatoms. The van der Waals surface area contributed by atoms with Gasteiger partial charge in [0.25, 0.3) is 0 Å². The summed E-state index contributed by atoms with van der Waals surface area (Å²) in [5, 5.41) is 23.3. The van der Waals surface area contributed by atoms with Crippen LogP contribution in [0.15, 0.2) is 54.6 Å². The molecule has 0 atom stereocenters. The molecule has 3 aromatic rings. The summed E-state index contributed by atoms with van der Waals surface area (Å²) in [6, 6.07) is 19.3. The second-order valence-electron chi connectivity index (χ2n) is 3.90. The minimum atomic E-state index is 0. The van der Waals surface area contributed by atoms with E-state index in [0.717, 1.165) is 0 Å². The molecule has 0 unspecified atom stereocenters. The number of benzene rings is 2. The van der Waals surface area contributed by atoms with Crippen molar-refractivity contribution in [3.05, 3.63) is 54.6 Å². The summed E-state index contributed by atoms with van der Waals surface area (Å²) in [5.41, 5.74) is 0. The Morgan fingerprint density at radius 2 is 1.05 bits per heavy atom. The summed E-state index contributed by atoms with van der Waals surface area (Å²) in [6.45, 7) is 3.14. The van der Waals surface area contributed by atoms with E-state index in [1.165, 1.54) is 21.5 Å². The molecular formula is C17H19HfO2-3. The summed E-state index contributed by atoms with van der Waals surface area (Å²) in [5.74, 6) is 0. The molecular weight excluding hydrogens is 415 g/mol. The topological polar surface area (TPSA) is 46.1 Å². The van der Waals surface area contributed by atoms with Gasteiger partial charge >= 0.3 is 0 Å². The van der Waals surface area contributed by atoms with Gasteiger partial charge in [-0.2, -0.15) is 0 Å². The fourth-order valence-electron chi connectivity index (χ4n) is 1.90. The van der Waals surface area contributed by atoms with E-state index >= 15 is 0 Å². The summed E-state index contributed by atoms with van der Waals surface area (Å²) in [6.07, 6.45) is 0. The predicted molar refractivity (Wildman–Crippen MR) is 78.1 cm³/mol. The van der Waals surface area contributed by atoms with E-state index in [1.54, 1.807) is 13.8 Å². The normalized spacial score (nSPS) is 9.00. The maximum absolute atomic E-state index is 8.93. The van der Waals surface area contributed by atoms with Crippen LogP contribution in [0, 0.1) is 0 Å². The monoisotopic (exact) mass is 435 g/mol. The van der Waals surface area contributed by atoms with E-state index in [1.807, 2.05) is 0 Å². The van der Waals surface area contributed by atoms with Gasteiger partial charge in [0.05, 0.1) is 0 Å². The molecule has 0 saturated heterocycles. The number of hydrogen-bond donors (Lipinski definition) is 0. The van der Waals surface area contributed by atoms with Crippen LogP contribution in [0.25, 0.3) is 21.5 Å². The summed E-state index contributed by atoms with van der Waals surface area (Å²) in [4.78, 5) is 0. The van der Waals surface area contributed by atoms with Crippen molar-refractivity contribution >= 4 is 21.5 Å². The standard InChI is InChI=1S/C13H9.2C2H5O.Hf/c1-3-7-12-10(5-1)9-11-6-2-4-8-13(11)12;2*1-2-3;/h1-9H;2*2H2,1H3;/q3*-1;. The first-order valence-corrected chi connectivity index (χ1v) is 6.47. The maximum atomic E-state index is 8.93. The third-order valence-electron chi connectivity index (χ3n) is 2.52. The average molecular weight is 434 g/mol. The van der Waals surface area contributed by atoms with Crippen molar-refractivity contribution in [2.24, 2.45) is 0 Å². The predicted octanol–water partition coefficient (Wildman–Crippen LogP) is 2.44. The van der Waals surface area contributed by atoms with Gasteiger partial charge in [-0.1, -0.05) is 50.2 Å². The van der Waals surface area contributed by atoms with E-state index < -0.39 is 0 Å². The molecule has 0 aliphatic rings. The molecule has 0 N–H and O–H groups in total. The van der Waals surface area contributed by atoms with Crippen molar-refractivity contribution in [2.75, 3.05) is 13.2 Å². The van der Waals surface area contributed by atoms with Crippen LogP contribution < -0.4 is 10.2 Å². The molecule has 0 aromatic heterocycles. The summed E-state index contributed by atoms with van der Waals surface area (Å²) < 4.78 is 0. The molecule has 0 aliphatic heterocycles. The van der Waals surface area contributed by atoms with Gasteiger partial charge in [0.15, 0.2) is 0 Å². The van der Waals surface area contributed by atoms with E-state index in [2.05, 4.69) is 54.6 Å². The molecule has 106 valence electrons. The molecule has 0 heterocycles. The SMILES string of the molecule is CC[O-].CC[O-].[Hf].c1ccc2c(c1)[cH-]c1ccccc12. The van der Waals surface area contributed by atoms with E-state index in [4.69, 9.17) is 10.2 Å². The van der Waals surface area contributed by atoms with Crippen LogP contribution >= 0.6 is 0 Å². The van der Waals surface area contributed by atoms with Crippen molar-refractivity contribution in [3.63, 3.8) is 0 Å². The molecule has 3 aromatic carbocycles. The van der Waals surface area contributed by atoms with Gasteiger partial charge in [-0.05, 0) is 0 Å². The van der Waals surface area contributed by atoms with Gasteiger partial charge in [-0.25, -0.2) is 0 Å². The first-order chi connectivity index (χ1) is 9.28.